The molecule has 0 radical (unpaired) electrons. The number of unbranched alkanes of at least 4 members (excludes halogenated alkanes) is 5. The van der Waals surface area contributed by atoms with Gasteiger partial charge in [0, 0.05) is 43.2 Å². The number of aliphatic hydroxyl groups is 2. The maximum Gasteiger partial charge on any atom is 0.331 e. The van der Waals surface area contributed by atoms with Crippen LogP contribution in [0.15, 0.2) is 16.6 Å². The normalized spacial score (nSPS) is 35.6. The van der Waals surface area contributed by atoms with Crippen LogP contribution in [-0.4, -0.2) is 82.1 Å². The van der Waals surface area contributed by atoms with Crippen LogP contribution in [0.25, 0.3) is 0 Å². The first-order valence-corrected chi connectivity index (χ1v) is 19.7. The number of amides is 1. The molecule has 0 saturated heterocycles. The number of rotatable bonds is 17. The first-order valence-electron chi connectivity index (χ1n) is 19.7. The van der Waals surface area contributed by atoms with E-state index in [1.807, 2.05) is 0 Å². The number of nitrogens with zero attached hydrogens (tertiary/aromatic N) is 1. The molecule has 0 bridgehead atoms. The van der Waals surface area contributed by atoms with E-state index >= 15 is 0 Å². The predicted octanol–water partition coefficient (Wildman–Crippen LogP) is 3.87. The Balaban J connectivity index is 0.979. The van der Waals surface area contributed by atoms with Crippen molar-refractivity contribution in [1.29, 1.82) is 0 Å². The molecule has 13 nitrogen and oxygen atoms in total. The number of esters is 2. The Hall–Kier alpha value is -3.19. The van der Waals surface area contributed by atoms with Gasteiger partial charge in [0.25, 0.3) is 0 Å². The Kier molecular flexibility index (Phi) is 13.0. The standard InChI is InChI=1S/C39H62N4O9/c1-37-17-15-26(52-32(46)12-8-6-4-3-5-7-11-31(45)43-29(35(48)49)10-9-19-42-36(40)41)21-25(37)13-14-28-27(37)16-18-38(2)34(24-20-33(47)51-23-24)30(44)22-39(28,38)50/h20,25-30,34,44,50H,3-19,21-23H2,1-2H3,(H,43,45)(H,48,49)(H4,40,41,42)/t25-,26+,27+,28-,29+,30+,34+,37+,38-,39+/m1/s1. The summed E-state index contributed by atoms with van der Waals surface area (Å²) in [5.41, 5.74) is 9.91. The second kappa shape index (κ2) is 16.9. The number of carbonyl (C=O) groups excluding carboxylic acids is 3. The lowest BCUT2D eigenvalue weighted by Crippen LogP contribution is -2.62. The van der Waals surface area contributed by atoms with E-state index in [4.69, 9.17) is 20.9 Å². The number of hydrogen-bond acceptors (Lipinski definition) is 9. The molecule has 8 N–H and O–H groups in total. The molecule has 0 unspecified atom stereocenters. The van der Waals surface area contributed by atoms with Crippen LogP contribution in [0.1, 0.15) is 129 Å². The van der Waals surface area contributed by atoms with Crippen molar-refractivity contribution in [1.82, 2.24) is 5.32 Å². The van der Waals surface area contributed by atoms with E-state index in [-0.39, 0.29) is 66.6 Å². The molecule has 10 atom stereocenters. The SMILES string of the molecule is C[C@]12CC[C@H](OC(=O)CCCCCCCCC(=O)N[C@@H](CCCN=C(N)N)C(=O)O)C[C@H]1CC[C@@H]1[C@@H]2CC[C@]2(C)[C@@H](C3=CC(=O)OC3)[C@@H](O)C[C@]12O. The average molecular weight is 731 g/mol. The van der Waals surface area contributed by atoms with Crippen molar-refractivity contribution in [2.45, 2.75) is 153 Å². The van der Waals surface area contributed by atoms with Crippen molar-refractivity contribution in [3.63, 3.8) is 0 Å². The highest BCUT2D eigenvalue weighted by Crippen LogP contribution is 2.70. The summed E-state index contributed by atoms with van der Waals surface area (Å²) in [6.07, 6.45) is 13.8. The largest absolute Gasteiger partial charge is 0.480 e. The Morgan fingerprint density at radius 2 is 1.71 bits per heavy atom. The minimum absolute atomic E-state index is 0.0472. The molecule has 0 aromatic carbocycles. The Bertz CT molecular complexity index is 1380. The number of nitrogens with two attached hydrogens (primary N) is 2. The Morgan fingerprint density at radius 3 is 2.38 bits per heavy atom. The van der Waals surface area contributed by atoms with Gasteiger partial charge in [-0.25, -0.2) is 9.59 Å². The van der Waals surface area contributed by atoms with Gasteiger partial charge in [-0.05, 0) is 99.4 Å². The number of cyclic esters (lactones) is 1. The maximum absolute atomic E-state index is 12.8. The third-order valence-electron chi connectivity index (χ3n) is 13.8. The first kappa shape index (κ1) is 40.0. The highest BCUT2D eigenvalue weighted by molar-refractivity contribution is 5.85. The number of guanidine groups is 1. The number of aliphatic imine (C=N–C) groups is 1. The second-order valence-electron chi connectivity index (χ2n) is 16.9. The number of carboxylic acid groups (broad SMARTS) is 1. The van der Waals surface area contributed by atoms with E-state index in [9.17, 15) is 34.5 Å². The lowest BCUT2D eigenvalue weighted by atomic mass is 9.43. The molecule has 1 heterocycles. The van der Waals surface area contributed by atoms with Crippen LogP contribution >= 0.6 is 0 Å². The van der Waals surface area contributed by atoms with Gasteiger partial charge in [-0.1, -0.05) is 39.5 Å². The van der Waals surface area contributed by atoms with E-state index in [1.165, 1.54) is 6.08 Å². The number of aliphatic hydroxyl groups excluding tert-OH is 1. The van der Waals surface area contributed by atoms with Crippen LogP contribution in [0.4, 0.5) is 0 Å². The van der Waals surface area contributed by atoms with Crippen molar-refractivity contribution in [3.8, 4) is 0 Å². The van der Waals surface area contributed by atoms with Crippen LogP contribution in [0.3, 0.4) is 0 Å². The van der Waals surface area contributed by atoms with Gasteiger partial charge in [-0.15, -0.1) is 0 Å². The summed E-state index contributed by atoms with van der Waals surface area (Å²) in [5.74, 6) is -1.32. The minimum Gasteiger partial charge on any atom is -0.480 e. The smallest absolute Gasteiger partial charge is 0.331 e. The fourth-order valence-corrected chi connectivity index (χ4v) is 11.1. The molecule has 52 heavy (non-hydrogen) atoms. The summed E-state index contributed by atoms with van der Waals surface area (Å²) in [5, 5.41) is 35.7. The lowest BCUT2D eigenvalue weighted by molar-refractivity contribution is -0.210. The van der Waals surface area contributed by atoms with Gasteiger partial charge in [0.1, 0.15) is 18.8 Å². The van der Waals surface area contributed by atoms with Gasteiger partial charge in [-0.3, -0.25) is 14.6 Å². The lowest BCUT2D eigenvalue weighted by Gasteiger charge is -2.63. The minimum atomic E-state index is -1.08. The van der Waals surface area contributed by atoms with Crippen molar-refractivity contribution in [2.24, 2.45) is 51.0 Å². The molecule has 0 aromatic rings. The van der Waals surface area contributed by atoms with Crippen molar-refractivity contribution in [2.75, 3.05) is 13.2 Å². The summed E-state index contributed by atoms with van der Waals surface area (Å²) < 4.78 is 11.2. The molecule has 292 valence electrons. The Labute approximate surface area is 307 Å². The average Bonchev–Trinajstić information content (AvgIpc) is 3.59. The first-order chi connectivity index (χ1) is 24.7. The Morgan fingerprint density at radius 1 is 1.00 bits per heavy atom. The summed E-state index contributed by atoms with van der Waals surface area (Å²) >= 11 is 0. The zero-order chi connectivity index (χ0) is 37.7. The molecule has 4 aliphatic carbocycles. The molecule has 5 rings (SSSR count). The number of carbonyl (C=O) groups is 4. The van der Waals surface area contributed by atoms with Gasteiger partial charge >= 0.3 is 17.9 Å². The maximum atomic E-state index is 12.8. The topological polar surface area (TPSA) is 224 Å². The quantitative estimate of drug-likeness (QED) is 0.0545. The summed E-state index contributed by atoms with van der Waals surface area (Å²) in [6, 6.07) is -0.959. The van der Waals surface area contributed by atoms with Crippen LogP contribution in [0, 0.1) is 34.5 Å². The number of ether oxygens (including phenoxy) is 2. The van der Waals surface area contributed by atoms with Gasteiger partial charge in [0.2, 0.25) is 5.91 Å². The predicted molar refractivity (Wildman–Crippen MR) is 193 cm³/mol. The highest BCUT2D eigenvalue weighted by Gasteiger charge is 2.70. The third kappa shape index (κ3) is 8.61. The van der Waals surface area contributed by atoms with Crippen molar-refractivity contribution < 1.29 is 44.0 Å². The summed E-state index contributed by atoms with van der Waals surface area (Å²) in [6.45, 7) is 5.01. The van der Waals surface area contributed by atoms with E-state index in [0.29, 0.717) is 44.1 Å². The highest BCUT2D eigenvalue weighted by atomic mass is 16.5. The monoisotopic (exact) mass is 730 g/mol. The molecular weight excluding hydrogens is 668 g/mol. The molecule has 0 spiro atoms. The zero-order valence-electron chi connectivity index (χ0n) is 31.2. The van der Waals surface area contributed by atoms with Crippen LogP contribution in [-0.2, 0) is 28.7 Å². The molecule has 1 amide bonds. The number of nitrogens with one attached hydrogen (secondary N) is 1. The van der Waals surface area contributed by atoms with Crippen LogP contribution < -0.4 is 16.8 Å². The number of carboxylic acids is 1. The summed E-state index contributed by atoms with van der Waals surface area (Å²) in [4.78, 5) is 52.2. The summed E-state index contributed by atoms with van der Waals surface area (Å²) in [7, 11) is 0. The molecule has 4 fully saturated rings. The van der Waals surface area contributed by atoms with Gasteiger partial charge in [0.15, 0.2) is 5.96 Å². The number of fused-ring (bicyclic) bond motifs is 5. The zero-order valence-corrected chi connectivity index (χ0v) is 31.2. The second-order valence-corrected chi connectivity index (χ2v) is 16.9. The van der Waals surface area contributed by atoms with Crippen molar-refractivity contribution >= 4 is 29.8 Å². The molecule has 1 aliphatic heterocycles. The van der Waals surface area contributed by atoms with Gasteiger partial charge < -0.3 is 41.6 Å². The van der Waals surface area contributed by atoms with E-state index in [0.717, 1.165) is 82.6 Å². The molecule has 0 aromatic heterocycles. The van der Waals surface area contributed by atoms with Crippen LogP contribution in [0.5, 0.6) is 0 Å². The number of hydrogen-bond donors (Lipinski definition) is 6. The molecule has 5 aliphatic rings. The fraction of sp³-hybridized carbons (Fsp3) is 0.821. The molecular formula is C39H62N4O9. The fourth-order valence-electron chi connectivity index (χ4n) is 11.1. The molecule has 4 saturated carbocycles. The van der Waals surface area contributed by atoms with E-state index < -0.39 is 29.1 Å². The molecule has 13 heteroatoms. The third-order valence-corrected chi connectivity index (χ3v) is 13.8. The van der Waals surface area contributed by atoms with Crippen molar-refractivity contribution in [3.05, 3.63) is 11.6 Å². The van der Waals surface area contributed by atoms with E-state index in [2.05, 4.69) is 24.2 Å². The van der Waals surface area contributed by atoms with Gasteiger partial charge in [0.05, 0.1) is 11.7 Å². The van der Waals surface area contributed by atoms with Gasteiger partial charge in [-0.2, -0.15) is 0 Å². The number of aliphatic carboxylic acids is 1. The van der Waals surface area contributed by atoms with Crippen LogP contribution in [0.2, 0.25) is 0 Å². The van der Waals surface area contributed by atoms with E-state index in [1.54, 1.807) is 0 Å².